The molecule has 0 bridgehead atoms. The summed E-state index contributed by atoms with van der Waals surface area (Å²) >= 11 is 3.00. The monoisotopic (exact) mass is 276 g/mol. The summed E-state index contributed by atoms with van der Waals surface area (Å²) in [5, 5.41) is 9.15. The maximum atomic E-state index is 13.1. The molecule has 0 heterocycles. The minimum Gasteiger partial charge on any atom is -0.508 e. The minimum atomic E-state index is -0.603. The van der Waals surface area contributed by atoms with Crippen LogP contribution < -0.4 is 0 Å². The number of rotatable bonds is 3. The van der Waals surface area contributed by atoms with E-state index in [0.717, 1.165) is 6.07 Å². The maximum absolute atomic E-state index is 13.1. The van der Waals surface area contributed by atoms with Crippen molar-refractivity contribution in [1.82, 2.24) is 0 Å². The van der Waals surface area contributed by atoms with Gasteiger partial charge in [-0.1, -0.05) is 0 Å². The van der Waals surface area contributed by atoms with Gasteiger partial charge in [0.1, 0.15) is 11.6 Å². The van der Waals surface area contributed by atoms with Gasteiger partial charge in [0.05, 0.1) is 17.5 Å². The molecule has 5 heteroatoms. The smallest absolute Gasteiger partial charge is 0.310 e. The van der Waals surface area contributed by atoms with Gasteiger partial charge in [0.2, 0.25) is 0 Å². The summed E-state index contributed by atoms with van der Waals surface area (Å²) in [6.07, 6.45) is -0.0697. The van der Waals surface area contributed by atoms with Gasteiger partial charge in [0.25, 0.3) is 0 Å². The molecule has 1 aromatic carbocycles. The zero-order valence-corrected chi connectivity index (χ0v) is 9.67. The first-order chi connectivity index (χ1) is 7.04. The zero-order chi connectivity index (χ0) is 11.4. The Morgan fingerprint density at radius 1 is 1.60 bits per heavy atom. The first-order valence-corrected chi connectivity index (χ1v) is 5.16. The van der Waals surface area contributed by atoms with Gasteiger partial charge in [-0.15, -0.1) is 0 Å². The van der Waals surface area contributed by atoms with E-state index < -0.39 is 11.8 Å². The van der Waals surface area contributed by atoms with Crippen molar-refractivity contribution in [3.05, 3.63) is 28.0 Å². The molecule has 0 aliphatic rings. The second kappa shape index (κ2) is 5.11. The largest absolute Gasteiger partial charge is 0.508 e. The molecule has 0 aliphatic carbocycles. The molecule has 0 spiro atoms. The Morgan fingerprint density at radius 3 is 2.87 bits per heavy atom. The lowest BCUT2D eigenvalue weighted by atomic mass is 10.1. The first-order valence-electron chi connectivity index (χ1n) is 4.37. The number of benzene rings is 1. The van der Waals surface area contributed by atoms with E-state index in [4.69, 9.17) is 9.84 Å². The van der Waals surface area contributed by atoms with Crippen molar-refractivity contribution in [1.29, 1.82) is 0 Å². The van der Waals surface area contributed by atoms with Crippen molar-refractivity contribution in [2.75, 3.05) is 6.61 Å². The van der Waals surface area contributed by atoms with Crippen molar-refractivity contribution in [2.24, 2.45) is 0 Å². The summed E-state index contributed by atoms with van der Waals surface area (Å²) in [6.45, 7) is 1.97. The molecule has 0 saturated heterocycles. The molecule has 0 aromatic heterocycles. The second-order valence-corrected chi connectivity index (χ2v) is 3.68. The highest BCUT2D eigenvalue weighted by Crippen LogP contribution is 2.26. The second-order valence-electron chi connectivity index (χ2n) is 2.88. The Balaban J connectivity index is 2.89. The summed E-state index contributed by atoms with van der Waals surface area (Å²) in [7, 11) is 0. The van der Waals surface area contributed by atoms with E-state index in [9.17, 15) is 9.18 Å². The van der Waals surface area contributed by atoms with Gasteiger partial charge < -0.3 is 9.84 Å². The van der Waals surface area contributed by atoms with Crippen LogP contribution in [0, 0.1) is 5.82 Å². The van der Waals surface area contributed by atoms with E-state index in [1.54, 1.807) is 6.92 Å². The normalized spacial score (nSPS) is 10.1. The van der Waals surface area contributed by atoms with Gasteiger partial charge in [-0.05, 0) is 34.5 Å². The molecule has 82 valence electrons. The zero-order valence-electron chi connectivity index (χ0n) is 8.09. The van der Waals surface area contributed by atoms with Crippen molar-refractivity contribution < 1.29 is 19.0 Å². The predicted octanol–water partition coefficient (Wildman–Crippen LogP) is 2.40. The lowest BCUT2D eigenvalue weighted by Crippen LogP contribution is -2.08. The van der Waals surface area contributed by atoms with Gasteiger partial charge in [-0.2, -0.15) is 0 Å². The van der Waals surface area contributed by atoms with E-state index >= 15 is 0 Å². The van der Waals surface area contributed by atoms with E-state index in [2.05, 4.69) is 15.9 Å². The molecule has 15 heavy (non-hydrogen) atoms. The Bertz CT molecular complexity index is 379. The summed E-state index contributed by atoms with van der Waals surface area (Å²) < 4.78 is 18.0. The quantitative estimate of drug-likeness (QED) is 0.863. The van der Waals surface area contributed by atoms with Gasteiger partial charge in [-0.3, -0.25) is 4.79 Å². The highest BCUT2D eigenvalue weighted by molar-refractivity contribution is 9.10. The number of carbonyl (C=O) groups is 1. The minimum absolute atomic E-state index is 0.0697. The van der Waals surface area contributed by atoms with Crippen LogP contribution in [-0.4, -0.2) is 17.7 Å². The highest BCUT2D eigenvalue weighted by Gasteiger charge is 2.12. The van der Waals surface area contributed by atoms with E-state index in [0.29, 0.717) is 5.56 Å². The van der Waals surface area contributed by atoms with Gasteiger partial charge >= 0.3 is 5.97 Å². The van der Waals surface area contributed by atoms with E-state index in [-0.39, 0.29) is 23.2 Å². The van der Waals surface area contributed by atoms with Crippen LogP contribution in [-0.2, 0) is 16.0 Å². The lowest BCUT2D eigenvalue weighted by molar-refractivity contribution is -0.142. The van der Waals surface area contributed by atoms with Crippen molar-refractivity contribution in [2.45, 2.75) is 13.3 Å². The topological polar surface area (TPSA) is 46.5 Å². The molecule has 0 saturated carbocycles. The number of aromatic hydroxyl groups is 1. The number of carbonyl (C=O) groups excluding carboxylic acids is 1. The Morgan fingerprint density at radius 2 is 2.27 bits per heavy atom. The van der Waals surface area contributed by atoms with Gasteiger partial charge in [0.15, 0.2) is 0 Å². The molecule has 3 nitrogen and oxygen atoms in total. The van der Waals surface area contributed by atoms with Crippen LogP contribution in [0.5, 0.6) is 5.75 Å². The number of phenols is 1. The first kappa shape index (κ1) is 12.0. The summed E-state index contributed by atoms with van der Waals surface area (Å²) in [4.78, 5) is 11.1. The van der Waals surface area contributed by atoms with Crippen LogP contribution in [0.2, 0.25) is 0 Å². The number of halogens is 2. The third-order valence-corrected chi connectivity index (χ3v) is 2.62. The third-order valence-electron chi connectivity index (χ3n) is 1.73. The maximum Gasteiger partial charge on any atom is 0.310 e. The van der Waals surface area contributed by atoms with Crippen molar-refractivity contribution in [3.8, 4) is 5.75 Å². The number of ether oxygens (including phenoxy) is 1. The Hall–Kier alpha value is -1.10. The molecule has 0 fully saturated rings. The third kappa shape index (κ3) is 3.20. The SMILES string of the molecule is CCOC(=O)Cc1cc(O)cc(F)c1Br. The van der Waals surface area contributed by atoms with Crippen LogP contribution in [0.1, 0.15) is 12.5 Å². The molecule has 0 amide bonds. The van der Waals surface area contributed by atoms with Crippen LogP contribution in [0.3, 0.4) is 0 Å². The fourth-order valence-electron chi connectivity index (χ4n) is 1.13. The number of phenolic OH excluding ortho intramolecular Hbond substituents is 1. The predicted molar refractivity (Wildman–Crippen MR) is 56.1 cm³/mol. The molecule has 0 atom stereocenters. The van der Waals surface area contributed by atoms with E-state index in [1.165, 1.54) is 6.07 Å². The number of hydrogen-bond donors (Lipinski definition) is 1. The lowest BCUT2D eigenvalue weighted by Gasteiger charge is -2.06. The molecule has 1 rings (SSSR count). The van der Waals surface area contributed by atoms with Gasteiger partial charge in [0, 0.05) is 6.07 Å². The molecule has 0 aliphatic heterocycles. The average molecular weight is 277 g/mol. The van der Waals surface area contributed by atoms with Crippen LogP contribution >= 0.6 is 15.9 Å². The standard InChI is InChI=1S/C10H10BrFO3/c1-2-15-9(14)4-6-3-7(13)5-8(12)10(6)11/h3,5,13H,2,4H2,1H3. The Labute approximate surface area is 95.0 Å². The molecule has 1 N–H and O–H groups in total. The molecule has 0 radical (unpaired) electrons. The molecule has 0 unspecified atom stereocenters. The summed E-state index contributed by atoms with van der Waals surface area (Å²) in [5.74, 6) is -1.27. The fraction of sp³-hybridized carbons (Fsp3) is 0.300. The highest BCUT2D eigenvalue weighted by atomic mass is 79.9. The molecule has 1 aromatic rings. The summed E-state index contributed by atoms with van der Waals surface area (Å²) in [5.41, 5.74) is 0.367. The molecular weight excluding hydrogens is 267 g/mol. The number of hydrogen-bond acceptors (Lipinski definition) is 3. The van der Waals surface area contributed by atoms with Crippen LogP contribution in [0.25, 0.3) is 0 Å². The van der Waals surface area contributed by atoms with Crippen LogP contribution in [0.15, 0.2) is 16.6 Å². The number of esters is 1. The fourth-order valence-corrected chi connectivity index (χ4v) is 1.50. The van der Waals surface area contributed by atoms with Crippen molar-refractivity contribution in [3.63, 3.8) is 0 Å². The Kier molecular flexibility index (Phi) is 4.08. The van der Waals surface area contributed by atoms with E-state index in [1.807, 2.05) is 0 Å². The van der Waals surface area contributed by atoms with Crippen LogP contribution in [0.4, 0.5) is 4.39 Å². The average Bonchev–Trinajstić information content (AvgIpc) is 2.13. The van der Waals surface area contributed by atoms with Gasteiger partial charge in [-0.25, -0.2) is 4.39 Å². The molecular formula is C10H10BrFO3. The summed E-state index contributed by atoms with van der Waals surface area (Å²) in [6, 6.07) is 2.29. The van der Waals surface area contributed by atoms with Crippen molar-refractivity contribution >= 4 is 21.9 Å².